The molecule has 306 valence electrons. The van der Waals surface area contributed by atoms with Crippen LogP contribution in [-0.4, -0.2) is 88.7 Å². The Morgan fingerprint density at radius 2 is 1.49 bits per heavy atom. The fourth-order valence-corrected chi connectivity index (χ4v) is 7.21. The molecule has 7 aromatic rings. The van der Waals surface area contributed by atoms with Crippen molar-refractivity contribution in [2.24, 2.45) is 11.5 Å². The van der Waals surface area contributed by atoms with Crippen molar-refractivity contribution in [3.63, 3.8) is 0 Å². The Morgan fingerprint density at radius 1 is 0.814 bits per heavy atom. The molecule has 0 aliphatic carbocycles. The van der Waals surface area contributed by atoms with E-state index in [0.717, 1.165) is 29.9 Å². The summed E-state index contributed by atoms with van der Waals surface area (Å²) in [5.74, 6) is -0.0806. The largest absolute Gasteiger partial charge is 0.494 e. The van der Waals surface area contributed by atoms with Gasteiger partial charge in [-0.2, -0.15) is 10.2 Å². The molecule has 2 aromatic carbocycles. The molecule has 0 atom stereocenters. The topological polar surface area (TPSA) is 230 Å². The Balaban J connectivity index is 1.33. The fourth-order valence-electron chi connectivity index (χ4n) is 7.21. The predicted octanol–water partition coefficient (Wildman–Crippen LogP) is 4.35. The van der Waals surface area contributed by atoms with E-state index in [1.807, 2.05) is 62.2 Å². The van der Waals surface area contributed by atoms with E-state index in [2.05, 4.69) is 20.8 Å². The second kappa shape index (κ2) is 16.8. The summed E-state index contributed by atoms with van der Waals surface area (Å²) in [4.78, 5) is 53.0. The third-order valence-electron chi connectivity index (χ3n) is 9.92. The Morgan fingerprint density at radius 3 is 2.19 bits per heavy atom. The molecular weight excluding hydrogens is 755 g/mol. The van der Waals surface area contributed by atoms with Gasteiger partial charge in [0.15, 0.2) is 5.82 Å². The molecule has 0 aliphatic rings. The standard InChI is InChI=1S/C41H47N13O5/c1-7-53-30(16-23(3)49-53)38-45-22-28-27-18-25(36(42)55)21-33(59-15-11-12-44-5)34(27)51(39(28)47-38)13-9-10-14-52-35-29(19-26(37(43)56)20-32(35)58-6)46-41(52)48-40(57)31-17-24(4)50-54(31)8-2/h9-10,16-22,44H,7-8,11-15H2,1-6H3,(H2,42,55)(H2,43,56)(H,46,48,57)/b10-9+. The molecule has 0 unspecified atom stereocenters. The number of carbonyl (C=O) groups excluding carboxylic acids is 3. The first-order valence-corrected chi connectivity index (χ1v) is 19.3. The van der Waals surface area contributed by atoms with Crippen LogP contribution in [0.25, 0.3) is 44.5 Å². The fraction of sp³-hybridized carbons (Fsp3) is 0.317. The number of ether oxygens (including phenoxy) is 2. The number of nitrogens with zero attached hydrogens (tertiary/aromatic N) is 9. The first kappa shape index (κ1) is 40.1. The molecule has 0 fully saturated rings. The Bertz CT molecular complexity index is 2770. The molecule has 18 nitrogen and oxygen atoms in total. The number of hydrogen-bond acceptors (Lipinski definition) is 11. The predicted molar refractivity (Wildman–Crippen MR) is 224 cm³/mol. The van der Waals surface area contributed by atoms with E-state index >= 15 is 0 Å². The van der Waals surface area contributed by atoms with E-state index in [1.54, 1.807) is 45.8 Å². The zero-order chi connectivity index (χ0) is 42.0. The number of aryl methyl sites for hydroxylation is 4. The number of amides is 3. The highest BCUT2D eigenvalue weighted by Gasteiger charge is 2.23. The zero-order valence-corrected chi connectivity index (χ0v) is 33.9. The van der Waals surface area contributed by atoms with Gasteiger partial charge >= 0.3 is 0 Å². The lowest BCUT2D eigenvalue weighted by atomic mass is 10.1. The van der Waals surface area contributed by atoms with Crippen LogP contribution in [0.1, 0.15) is 62.9 Å². The van der Waals surface area contributed by atoms with Crippen LogP contribution in [0, 0.1) is 13.8 Å². The lowest BCUT2D eigenvalue weighted by molar-refractivity contribution is 0.0991. The summed E-state index contributed by atoms with van der Waals surface area (Å²) in [6, 6.07) is 10.2. The van der Waals surface area contributed by atoms with Gasteiger partial charge in [-0.3, -0.25) is 29.1 Å². The molecule has 6 N–H and O–H groups in total. The van der Waals surface area contributed by atoms with Gasteiger partial charge in [-0.15, -0.1) is 0 Å². The minimum atomic E-state index is -0.645. The van der Waals surface area contributed by atoms with Crippen LogP contribution in [0.4, 0.5) is 5.95 Å². The molecule has 0 spiro atoms. The summed E-state index contributed by atoms with van der Waals surface area (Å²) in [6.45, 7) is 10.5. The van der Waals surface area contributed by atoms with Crippen LogP contribution in [0.5, 0.6) is 11.5 Å². The highest BCUT2D eigenvalue weighted by Crippen LogP contribution is 2.37. The summed E-state index contributed by atoms with van der Waals surface area (Å²) >= 11 is 0. The lowest BCUT2D eigenvalue weighted by Crippen LogP contribution is -2.20. The summed E-state index contributed by atoms with van der Waals surface area (Å²) < 4.78 is 19.4. The van der Waals surface area contributed by atoms with Gasteiger partial charge in [-0.25, -0.2) is 15.0 Å². The van der Waals surface area contributed by atoms with Crippen molar-refractivity contribution in [3.05, 3.63) is 83.0 Å². The van der Waals surface area contributed by atoms with Gasteiger partial charge in [-0.1, -0.05) is 12.2 Å². The maximum Gasteiger partial charge on any atom is 0.276 e. The summed E-state index contributed by atoms with van der Waals surface area (Å²) in [5, 5.41) is 16.5. The maximum absolute atomic E-state index is 13.7. The molecule has 5 heterocycles. The second-order valence-electron chi connectivity index (χ2n) is 13.9. The SMILES string of the molecule is CCn1nc(C)cc1C(=O)Nc1nc2cc(C(N)=O)cc(OC)c2n1C/C=C/Cn1c2nc(-c3cc(C)nn3CC)ncc2c2cc(C(N)=O)cc(OCCCNC)c21. The van der Waals surface area contributed by atoms with E-state index in [0.29, 0.717) is 88.0 Å². The van der Waals surface area contributed by atoms with E-state index < -0.39 is 17.7 Å². The Hall–Kier alpha value is -7.08. The first-order valence-electron chi connectivity index (χ1n) is 19.3. The van der Waals surface area contributed by atoms with Crippen molar-refractivity contribution in [2.45, 2.75) is 60.3 Å². The van der Waals surface area contributed by atoms with Crippen LogP contribution < -0.4 is 31.6 Å². The highest BCUT2D eigenvalue weighted by atomic mass is 16.5. The van der Waals surface area contributed by atoms with Crippen LogP contribution in [0.2, 0.25) is 0 Å². The van der Waals surface area contributed by atoms with Crippen molar-refractivity contribution >= 4 is 56.6 Å². The van der Waals surface area contributed by atoms with Crippen molar-refractivity contribution < 1.29 is 23.9 Å². The molecule has 18 heteroatoms. The van der Waals surface area contributed by atoms with E-state index in [9.17, 15) is 14.4 Å². The van der Waals surface area contributed by atoms with E-state index in [1.165, 1.54) is 7.11 Å². The van der Waals surface area contributed by atoms with Gasteiger partial charge in [0.25, 0.3) is 5.91 Å². The molecule has 0 saturated carbocycles. The molecular formula is C41H47N13O5. The minimum absolute atomic E-state index is 0.209. The van der Waals surface area contributed by atoms with E-state index in [-0.39, 0.29) is 18.1 Å². The molecule has 0 bridgehead atoms. The van der Waals surface area contributed by atoms with Gasteiger partial charge < -0.3 is 35.4 Å². The average molecular weight is 802 g/mol. The number of methoxy groups -OCH3 is 1. The van der Waals surface area contributed by atoms with Gasteiger partial charge in [0, 0.05) is 54.3 Å². The maximum atomic E-state index is 13.7. The third-order valence-corrected chi connectivity index (χ3v) is 9.92. The van der Waals surface area contributed by atoms with Gasteiger partial charge in [0.1, 0.15) is 34.1 Å². The van der Waals surface area contributed by atoms with Crippen LogP contribution in [-0.2, 0) is 26.2 Å². The number of primary amides is 2. The van der Waals surface area contributed by atoms with Crippen molar-refractivity contribution in [3.8, 4) is 23.0 Å². The van der Waals surface area contributed by atoms with Crippen LogP contribution >= 0.6 is 0 Å². The molecule has 59 heavy (non-hydrogen) atoms. The Labute approximate surface area is 339 Å². The number of hydrogen-bond donors (Lipinski definition) is 4. The highest BCUT2D eigenvalue weighted by molar-refractivity contribution is 6.12. The van der Waals surface area contributed by atoms with Crippen LogP contribution in [0.3, 0.4) is 0 Å². The quantitative estimate of drug-likeness (QED) is 0.0747. The summed E-state index contributed by atoms with van der Waals surface area (Å²) in [5.41, 5.74) is 16.9. The average Bonchev–Trinajstić information content (AvgIpc) is 3.98. The number of aromatic nitrogens is 9. The lowest BCUT2D eigenvalue weighted by Gasteiger charge is -2.13. The van der Waals surface area contributed by atoms with Crippen molar-refractivity contribution in [1.29, 1.82) is 0 Å². The number of nitrogens with two attached hydrogens (primary N) is 2. The minimum Gasteiger partial charge on any atom is -0.494 e. The number of carbonyl (C=O) groups is 3. The molecule has 7 rings (SSSR count). The Kier molecular flexibility index (Phi) is 11.4. The van der Waals surface area contributed by atoms with Crippen molar-refractivity contribution in [2.75, 3.05) is 32.6 Å². The number of rotatable bonds is 17. The third kappa shape index (κ3) is 7.81. The van der Waals surface area contributed by atoms with Crippen molar-refractivity contribution in [1.82, 2.24) is 49.0 Å². The van der Waals surface area contributed by atoms with E-state index in [4.69, 9.17) is 35.9 Å². The van der Waals surface area contributed by atoms with Crippen LogP contribution in [0.15, 0.2) is 54.7 Å². The smallest absolute Gasteiger partial charge is 0.276 e. The van der Waals surface area contributed by atoms with Gasteiger partial charge in [0.05, 0.1) is 36.1 Å². The number of nitrogens with one attached hydrogen (secondary N) is 2. The first-order chi connectivity index (χ1) is 28.5. The zero-order valence-electron chi connectivity index (χ0n) is 33.9. The number of allylic oxidation sites excluding steroid dienone is 2. The number of fused-ring (bicyclic) bond motifs is 4. The molecule has 0 saturated heterocycles. The number of benzene rings is 2. The molecule has 0 aliphatic heterocycles. The normalized spacial score (nSPS) is 11.7. The monoisotopic (exact) mass is 801 g/mol. The number of anilines is 1. The molecule has 3 amide bonds. The molecule has 0 radical (unpaired) electrons. The van der Waals surface area contributed by atoms with Gasteiger partial charge in [-0.05, 0) is 84.1 Å². The number of imidazole rings is 1. The van der Waals surface area contributed by atoms with Gasteiger partial charge in [0.2, 0.25) is 17.8 Å². The second-order valence-corrected chi connectivity index (χ2v) is 13.9. The molecule has 5 aromatic heterocycles. The summed E-state index contributed by atoms with van der Waals surface area (Å²) in [7, 11) is 3.36. The summed E-state index contributed by atoms with van der Waals surface area (Å²) in [6.07, 6.45) is 6.37.